The Balaban J connectivity index is 1.24. The lowest BCUT2D eigenvalue weighted by molar-refractivity contribution is -0.138. The number of anilines is 1. The van der Waals surface area contributed by atoms with Crippen molar-refractivity contribution in [1.29, 1.82) is 0 Å². The molecule has 1 unspecified atom stereocenters. The maximum Gasteiger partial charge on any atom is 0.416 e. The van der Waals surface area contributed by atoms with E-state index in [1.54, 1.807) is 24.4 Å². The molecule has 11 heteroatoms. The van der Waals surface area contributed by atoms with Gasteiger partial charge in [0, 0.05) is 48.5 Å². The van der Waals surface area contributed by atoms with Crippen LogP contribution in [-0.4, -0.2) is 72.0 Å². The maximum atomic E-state index is 14.0. The van der Waals surface area contributed by atoms with Gasteiger partial charge in [-0.2, -0.15) is 13.2 Å². The minimum Gasteiger partial charge on any atom is -0.464 e. The summed E-state index contributed by atoms with van der Waals surface area (Å²) in [5.74, 6) is -1.07. The predicted octanol–water partition coefficient (Wildman–Crippen LogP) is 5.54. The number of nitrogens with one attached hydrogen (secondary N) is 2. The summed E-state index contributed by atoms with van der Waals surface area (Å²) in [5.41, 5.74) is 2.64. The van der Waals surface area contributed by atoms with Crippen LogP contribution >= 0.6 is 0 Å². The maximum absolute atomic E-state index is 14.0. The molecule has 0 spiro atoms. The standard InChI is InChI=1S/C32H34F3N5O3/c1-39(2)26-11-12-40(19-26)18-23-10-9-22(15-27(23)32(33,34)35)30(41)37-25-6-4-5-20(14-25)7-8-21-13-24-16-28(31(42)43-3)38-29(24)36-17-21/h4-6,9-10,13-17,26H,7-8,11-12,18-19H2,1-3H3,(H,36,38)(H,37,41). The number of carbonyl (C=O) groups excluding carboxylic acids is 2. The van der Waals surface area contributed by atoms with Gasteiger partial charge in [-0.25, -0.2) is 9.78 Å². The van der Waals surface area contributed by atoms with E-state index in [0.717, 1.165) is 35.5 Å². The van der Waals surface area contributed by atoms with Crippen LogP contribution in [0.4, 0.5) is 18.9 Å². The first-order valence-electron chi connectivity index (χ1n) is 14.1. The number of ether oxygens (including phenoxy) is 1. The van der Waals surface area contributed by atoms with Gasteiger partial charge in [-0.1, -0.05) is 18.2 Å². The molecule has 1 fully saturated rings. The number of likely N-dealkylation sites (tertiary alicyclic amines) is 1. The second kappa shape index (κ2) is 12.6. The minimum atomic E-state index is -4.58. The zero-order valence-electron chi connectivity index (χ0n) is 24.3. The van der Waals surface area contributed by atoms with Gasteiger partial charge in [0.2, 0.25) is 0 Å². The molecule has 0 saturated carbocycles. The molecule has 0 radical (unpaired) electrons. The number of benzene rings is 2. The normalized spacial score (nSPS) is 15.7. The number of H-pyrrole nitrogens is 1. The molecule has 2 N–H and O–H groups in total. The van der Waals surface area contributed by atoms with Gasteiger partial charge in [-0.05, 0) is 86.4 Å². The number of esters is 1. The van der Waals surface area contributed by atoms with Gasteiger partial charge in [0.25, 0.3) is 5.91 Å². The Labute approximate surface area is 247 Å². The Morgan fingerprint density at radius 2 is 1.88 bits per heavy atom. The van der Waals surface area contributed by atoms with Crippen LogP contribution < -0.4 is 5.32 Å². The van der Waals surface area contributed by atoms with E-state index in [4.69, 9.17) is 4.74 Å². The molecule has 3 heterocycles. The molecule has 0 aliphatic carbocycles. The van der Waals surface area contributed by atoms with Crippen LogP contribution in [0.1, 0.15) is 49.5 Å². The Morgan fingerprint density at radius 3 is 2.60 bits per heavy atom. The van der Waals surface area contributed by atoms with Crippen molar-refractivity contribution in [1.82, 2.24) is 19.8 Å². The first-order valence-corrected chi connectivity index (χ1v) is 14.1. The zero-order chi connectivity index (χ0) is 30.7. The molecule has 5 rings (SSSR count). The fraction of sp³-hybridized carbons (Fsp3) is 0.344. The fourth-order valence-electron chi connectivity index (χ4n) is 5.45. The first-order chi connectivity index (χ1) is 20.5. The van der Waals surface area contributed by atoms with Gasteiger partial charge in [0.15, 0.2) is 0 Å². The molecule has 2 aromatic carbocycles. The van der Waals surface area contributed by atoms with E-state index in [2.05, 4.69) is 20.2 Å². The van der Waals surface area contributed by atoms with Crippen LogP contribution in [0, 0.1) is 0 Å². The summed E-state index contributed by atoms with van der Waals surface area (Å²) in [4.78, 5) is 36.2. The minimum absolute atomic E-state index is 0.0497. The van der Waals surface area contributed by atoms with Crippen molar-refractivity contribution in [3.05, 3.63) is 94.3 Å². The molecule has 8 nitrogen and oxygen atoms in total. The van der Waals surface area contributed by atoms with Crippen LogP contribution in [0.25, 0.3) is 11.0 Å². The van der Waals surface area contributed by atoms with Crippen molar-refractivity contribution in [2.75, 3.05) is 39.6 Å². The average molecular weight is 594 g/mol. The van der Waals surface area contributed by atoms with E-state index in [1.165, 1.54) is 19.2 Å². The van der Waals surface area contributed by atoms with Crippen molar-refractivity contribution in [3.8, 4) is 0 Å². The number of hydrogen-bond acceptors (Lipinski definition) is 6. The topological polar surface area (TPSA) is 90.6 Å². The molecule has 1 saturated heterocycles. The van der Waals surface area contributed by atoms with Crippen molar-refractivity contribution in [2.45, 2.75) is 38.0 Å². The Bertz CT molecular complexity index is 1630. The number of amides is 1. The van der Waals surface area contributed by atoms with Gasteiger partial charge < -0.3 is 19.9 Å². The number of fused-ring (bicyclic) bond motifs is 1. The number of aryl methyl sites for hydroxylation is 2. The third-order valence-electron chi connectivity index (χ3n) is 7.87. The van der Waals surface area contributed by atoms with Gasteiger partial charge in [0.05, 0.1) is 12.7 Å². The average Bonchev–Trinajstić information content (AvgIpc) is 3.62. The summed E-state index contributed by atoms with van der Waals surface area (Å²) in [6, 6.07) is 15.0. The quantitative estimate of drug-likeness (QED) is 0.248. The number of nitrogens with zero attached hydrogens (tertiary/aromatic N) is 3. The lowest BCUT2D eigenvalue weighted by Crippen LogP contribution is -2.31. The van der Waals surface area contributed by atoms with Crippen LogP contribution in [0.2, 0.25) is 0 Å². The molecule has 0 bridgehead atoms. The van der Waals surface area contributed by atoms with E-state index in [0.29, 0.717) is 42.5 Å². The van der Waals surface area contributed by atoms with Gasteiger partial charge >= 0.3 is 12.1 Å². The number of methoxy groups -OCH3 is 1. The van der Waals surface area contributed by atoms with Crippen LogP contribution in [-0.2, 0) is 30.3 Å². The Hall–Kier alpha value is -4.22. The van der Waals surface area contributed by atoms with Crippen molar-refractivity contribution >= 4 is 28.6 Å². The third-order valence-corrected chi connectivity index (χ3v) is 7.87. The molecule has 43 heavy (non-hydrogen) atoms. The number of carbonyl (C=O) groups is 2. The second-order valence-electron chi connectivity index (χ2n) is 11.1. The summed E-state index contributed by atoms with van der Waals surface area (Å²) in [7, 11) is 5.27. The highest BCUT2D eigenvalue weighted by Crippen LogP contribution is 2.34. The molecular formula is C32H34F3N5O3. The number of likely N-dealkylation sites (N-methyl/N-ethyl adjacent to an activating group) is 1. The lowest BCUT2D eigenvalue weighted by Gasteiger charge is -2.22. The molecule has 1 amide bonds. The first kappa shape index (κ1) is 30.2. The summed E-state index contributed by atoms with van der Waals surface area (Å²) in [5, 5.41) is 3.54. The molecule has 4 aromatic rings. The fourth-order valence-corrected chi connectivity index (χ4v) is 5.45. The smallest absolute Gasteiger partial charge is 0.416 e. The highest BCUT2D eigenvalue weighted by molar-refractivity contribution is 6.04. The molecule has 226 valence electrons. The summed E-state index contributed by atoms with van der Waals surface area (Å²) < 4.78 is 46.8. The van der Waals surface area contributed by atoms with Crippen LogP contribution in [0.3, 0.4) is 0 Å². The number of halogens is 3. The molecular weight excluding hydrogens is 559 g/mol. The van der Waals surface area contributed by atoms with Crippen molar-refractivity contribution < 1.29 is 27.5 Å². The SMILES string of the molecule is COC(=O)c1cc2cc(CCc3cccc(NC(=O)c4ccc(CN5CCC(N(C)C)C5)c(C(F)(F)F)c4)c3)cnc2[nH]1. The number of alkyl halides is 3. The van der Waals surface area contributed by atoms with Crippen LogP contribution in [0.15, 0.2) is 60.8 Å². The van der Waals surface area contributed by atoms with E-state index in [-0.39, 0.29) is 17.7 Å². The largest absolute Gasteiger partial charge is 0.464 e. The van der Waals surface area contributed by atoms with E-state index < -0.39 is 23.6 Å². The van der Waals surface area contributed by atoms with Gasteiger partial charge in [0.1, 0.15) is 11.3 Å². The van der Waals surface area contributed by atoms with Gasteiger partial charge in [-0.3, -0.25) is 9.69 Å². The van der Waals surface area contributed by atoms with Crippen molar-refractivity contribution in [2.24, 2.45) is 0 Å². The number of aromatic amines is 1. The second-order valence-corrected chi connectivity index (χ2v) is 11.1. The molecule has 1 atom stereocenters. The Kier molecular flexibility index (Phi) is 8.84. The van der Waals surface area contributed by atoms with Gasteiger partial charge in [-0.15, -0.1) is 0 Å². The van der Waals surface area contributed by atoms with Crippen molar-refractivity contribution in [3.63, 3.8) is 0 Å². The number of aromatic nitrogens is 2. The highest BCUT2D eigenvalue weighted by atomic mass is 19.4. The lowest BCUT2D eigenvalue weighted by atomic mass is 10.0. The summed E-state index contributed by atoms with van der Waals surface area (Å²) in [6.07, 6.45) is -0.640. The summed E-state index contributed by atoms with van der Waals surface area (Å²) in [6.45, 7) is 1.62. The third kappa shape index (κ3) is 7.23. The zero-order valence-corrected chi connectivity index (χ0v) is 24.3. The number of pyridine rings is 1. The number of rotatable bonds is 9. The molecule has 1 aliphatic heterocycles. The molecule has 1 aliphatic rings. The summed E-state index contributed by atoms with van der Waals surface area (Å²) >= 11 is 0. The van der Waals surface area contributed by atoms with E-state index in [9.17, 15) is 22.8 Å². The molecule has 2 aromatic heterocycles. The number of hydrogen-bond donors (Lipinski definition) is 2. The van der Waals surface area contributed by atoms with E-state index in [1.807, 2.05) is 37.2 Å². The Morgan fingerprint density at radius 1 is 1.09 bits per heavy atom. The monoisotopic (exact) mass is 593 g/mol. The predicted molar refractivity (Wildman–Crippen MR) is 158 cm³/mol. The van der Waals surface area contributed by atoms with Crippen LogP contribution in [0.5, 0.6) is 0 Å². The van der Waals surface area contributed by atoms with E-state index >= 15 is 0 Å². The highest BCUT2D eigenvalue weighted by Gasteiger charge is 2.35.